The molecule has 5 nitrogen and oxygen atoms in total. The molecule has 0 spiro atoms. The molecule has 3 N–H and O–H groups in total. The minimum atomic E-state index is -1.02. The topological polar surface area (TPSA) is 83.6 Å². The van der Waals surface area contributed by atoms with Crippen molar-refractivity contribution in [2.75, 3.05) is 13.1 Å². The lowest BCUT2D eigenvalue weighted by Gasteiger charge is -2.32. The summed E-state index contributed by atoms with van der Waals surface area (Å²) in [5, 5.41) is 9.33. The highest BCUT2D eigenvalue weighted by atomic mass is 16.4. The Kier molecular flexibility index (Phi) is 5.99. The molecule has 2 unspecified atom stereocenters. The van der Waals surface area contributed by atoms with Crippen LogP contribution in [0, 0.1) is 11.8 Å². The molecule has 20 heavy (non-hydrogen) atoms. The van der Waals surface area contributed by atoms with Crippen LogP contribution in [0.3, 0.4) is 0 Å². The van der Waals surface area contributed by atoms with E-state index in [1.54, 1.807) is 11.8 Å². The van der Waals surface area contributed by atoms with Crippen LogP contribution in [0.5, 0.6) is 0 Å². The number of carbonyl (C=O) groups is 2. The number of hydrogen-bond donors (Lipinski definition) is 2. The number of amides is 1. The first-order valence-corrected chi connectivity index (χ1v) is 7.57. The zero-order valence-electron chi connectivity index (χ0n) is 12.9. The van der Waals surface area contributed by atoms with Gasteiger partial charge in [-0.2, -0.15) is 0 Å². The fraction of sp³-hybridized carbons (Fsp3) is 0.867. The zero-order valence-corrected chi connectivity index (χ0v) is 12.9. The van der Waals surface area contributed by atoms with Crippen molar-refractivity contribution in [3.8, 4) is 0 Å². The first-order chi connectivity index (χ1) is 9.32. The lowest BCUT2D eigenvalue weighted by atomic mass is 9.88. The maximum Gasteiger partial charge on any atom is 0.329 e. The molecule has 1 amide bonds. The van der Waals surface area contributed by atoms with Gasteiger partial charge in [0, 0.05) is 13.0 Å². The molecule has 0 aromatic heterocycles. The summed E-state index contributed by atoms with van der Waals surface area (Å²) in [4.78, 5) is 25.3. The average molecular weight is 284 g/mol. The smallest absolute Gasteiger partial charge is 0.329 e. The van der Waals surface area contributed by atoms with Gasteiger partial charge in [0.15, 0.2) is 0 Å². The summed E-state index contributed by atoms with van der Waals surface area (Å²) in [7, 11) is 0. The van der Waals surface area contributed by atoms with Crippen molar-refractivity contribution in [2.45, 2.75) is 58.4 Å². The van der Waals surface area contributed by atoms with Crippen LogP contribution < -0.4 is 5.73 Å². The van der Waals surface area contributed by atoms with Crippen molar-refractivity contribution >= 4 is 11.9 Å². The molecular formula is C15H28N2O3. The monoisotopic (exact) mass is 284 g/mol. The number of carbonyl (C=O) groups excluding carboxylic acids is 1. The van der Waals surface area contributed by atoms with Crippen LogP contribution in [0.4, 0.5) is 0 Å². The van der Waals surface area contributed by atoms with E-state index in [1.165, 1.54) is 0 Å². The fourth-order valence-corrected chi connectivity index (χ4v) is 3.05. The number of hydrogen-bond acceptors (Lipinski definition) is 3. The van der Waals surface area contributed by atoms with Crippen LogP contribution >= 0.6 is 0 Å². The van der Waals surface area contributed by atoms with E-state index >= 15 is 0 Å². The van der Waals surface area contributed by atoms with Crippen molar-refractivity contribution in [1.29, 1.82) is 0 Å². The molecule has 5 heteroatoms. The van der Waals surface area contributed by atoms with E-state index in [4.69, 9.17) is 5.73 Å². The Hall–Kier alpha value is -1.10. The SMILES string of the molecule is CC(C)C(CCN)CCC(=O)N1CCCC1(C)C(=O)O. The lowest BCUT2D eigenvalue weighted by Crippen LogP contribution is -2.50. The highest BCUT2D eigenvalue weighted by Crippen LogP contribution is 2.31. The molecule has 0 aromatic carbocycles. The number of likely N-dealkylation sites (tertiary alicyclic amines) is 1. The van der Waals surface area contributed by atoms with Crippen molar-refractivity contribution in [3.63, 3.8) is 0 Å². The maximum atomic E-state index is 12.3. The Morgan fingerprint density at radius 3 is 2.50 bits per heavy atom. The van der Waals surface area contributed by atoms with Crippen LogP contribution in [0.15, 0.2) is 0 Å². The van der Waals surface area contributed by atoms with Gasteiger partial charge in [-0.05, 0) is 51.0 Å². The van der Waals surface area contributed by atoms with Gasteiger partial charge in [0.2, 0.25) is 5.91 Å². The molecule has 1 aliphatic heterocycles. The summed E-state index contributed by atoms with van der Waals surface area (Å²) >= 11 is 0. The molecule has 0 saturated carbocycles. The zero-order chi connectivity index (χ0) is 15.3. The van der Waals surface area contributed by atoms with Gasteiger partial charge in [-0.3, -0.25) is 4.79 Å². The summed E-state index contributed by atoms with van der Waals surface area (Å²) in [5.74, 6) is -0.000730. The Bertz CT molecular complexity index is 357. The van der Waals surface area contributed by atoms with Crippen molar-refractivity contribution in [3.05, 3.63) is 0 Å². The van der Waals surface area contributed by atoms with Gasteiger partial charge in [-0.15, -0.1) is 0 Å². The van der Waals surface area contributed by atoms with Crippen LogP contribution in [-0.4, -0.2) is 40.5 Å². The van der Waals surface area contributed by atoms with Crippen molar-refractivity contribution < 1.29 is 14.7 Å². The van der Waals surface area contributed by atoms with Gasteiger partial charge in [-0.1, -0.05) is 13.8 Å². The number of nitrogens with zero attached hydrogens (tertiary/aromatic N) is 1. The molecule has 116 valence electrons. The Morgan fingerprint density at radius 2 is 2.00 bits per heavy atom. The molecule has 1 fully saturated rings. The van der Waals surface area contributed by atoms with Gasteiger partial charge < -0.3 is 15.7 Å². The number of rotatable bonds is 7. The molecule has 1 aliphatic rings. The number of aliphatic carboxylic acids is 1. The number of carboxylic acids is 1. The van der Waals surface area contributed by atoms with Gasteiger partial charge in [-0.25, -0.2) is 4.79 Å². The number of carboxylic acid groups (broad SMARTS) is 1. The minimum absolute atomic E-state index is 0.0323. The maximum absolute atomic E-state index is 12.3. The Morgan fingerprint density at radius 1 is 1.35 bits per heavy atom. The lowest BCUT2D eigenvalue weighted by molar-refractivity contribution is -0.155. The third kappa shape index (κ3) is 3.72. The molecule has 1 rings (SSSR count). The molecule has 0 bridgehead atoms. The minimum Gasteiger partial charge on any atom is -0.480 e. The van der Waals surface area contributed by atoms with Crippen LogP contribution in [0.1, 0.15) is 52.9 Å². The van der Waals surface area contributed by atoms with Gasteiger partial charge in [0.1, 0.15) is 5.54 Å². The average Bonchev–Trinajstić information content (AvgIpc) is 2.77. The van der Waals surface area contributed by atoms with E-state index in [0.29, 0.717) is 37.8 Å². The molecule has 0 radical (unpaired) electrons. The summed E-state index contributed by atoms with van der Waals surface area (Å²) in [6.45, 7) is 7.13. The summed E-state index contributed by atoms with van der Waals surface area (Å²) in [5.41, 5.74) is 4.59. The van der Waals surface area contributed by atoms with Crippen molar-refractivity contribution in [2.24, 2.45) is 17.6 Å². The van der Waals surface area contributed by atoms with Gasteiger partial charge in [0.25, 0.3) is 0 Å². The van der Waals surface area contributed by atoms with Crippen LogP contribution in [-0.2, 0) is 9.59 Å². The Labute approximate surface area is 121 Å². The van der Waals surface area contributed by atoms with Gasteiger partial charge >= 0.3 is 5.97 Å². The molecule has 0 aliphatic carbocycles. The second-order valence-corrected chi connectivity index (χ2v) is 6.35. The largest absolute Gasteiger partial charge is 0.480 e. The first-order valence-electron chi connectivity index (χ1n) is 7.57. The Balaban J connectivity index is 2.60. The second-order valence-electron chi connectivity index (χ2n) is 6.35. The van der Waals surface area contributed by atoms with E-state index in [0.717, 1.165) is 19.3 Å². The van der Waals surface area contributed by atoms with Gasteiger partial charge in [0.05, 0.1) is 0 Å². The highest BCUT2D eigenvalue weighted by Gasteiger charge is 2.45. The normalized spacial score (nSPS) is 24.1. The predicted octanol–water partition coefficient (Wildman–Crippen LogP) is 1.85. The molecular weight excluding hydrogens is 256 g/mol. The molecule has 0 aromatic rings. The van der Waals surface area contributed by atoms with Crippen LogP contribution in [0.2, 0.25) is 0 Å². The fourth-order valence-electron chi connectivity index (χ4n) is 3.05. The predicted molar refractivity (Wildman–Crippen MR) is 78.2 cm³/mol. The third-order valence-electron chi connectivity index (χ3n) is 4.61. The summed E-state index contributed by atoms with van der Waals surface area (Å²) < 4.78 is 0. The van der Waals surface area contributed by atoms with E-state index in [-0.39, 0.29) is 5.91 Å². The van der Waals surface area contributed by atoms with E-state index in [2.05, 4.69) is 13.8 Å². The van der Waals surface area contributed by atoms with Crippen LogP contribution in [0.25, 0.3) is 0 Å². The summed E-state index contributed by atoms with van der Waals surface area (Å²) in [6.07, 6.45) is 3.45. The summed E-state index contributed by atoms with van der Waals surface area (Å²) in [6, 6.07) is 0. The molecule has 1 saturated heterocycles. The van der Waals surface area contributed by atoms with E-state index in [1.807, 2.05) is 0 Å². The third-order valence-corrected chi connectivity index (χ3v) is 4.61. The second kappa shape index (κ2) is 7.07. The molecule has 1 heterocycles. The first kappa shape index (κ1) is 17.0. The van der Waals surface area contributed by atoms with Crippen molar-refractivity contribution in [1.82, 2.24) is 4.90 Å². The van der Waals surface area contributed by atoms with E-state index in [9.17, 15) is 14.7 Å². The van der Waals surface area contributed by atoms with E-state index < -0.39 is 11.5 Å². The standard InChI is InChI=1S/C15H28N2O3/c1-11(2)12(7-9-16)5-6-13(18)17-10-4-8-15(17,3)14(19)20/h11-12H,4-10,16H2,1-3H3,(H,19,20). The quantitative estimate of drug-likeness (QED) is 0.747. The molecule has 2 atom stereocenters. The highest BCUT2D eigenvalue weighted by molar-refractivity contribution is 5.87. The number of nitrogens with two attached hydrogens (primary N) is 1.